The monoisotopic (exact) mass is 301 g/mol. The van der Waals surface area contributed by atoms with Gasteiger partial charge in [0, 0.05) is 31.5 Å². The van der Waals surface area contributed by atoms with Crippen molar-refractivity contribution in [3.63, 3.8) is 0 Å². The number of nitrogens with zero attached hydrogens (tertiary/aromatic N) is 2. The molecule has 0 amide bonds. The summed E-state index contributed by atoms with van der Waals surface area (Å²) in [6.45, 7) is 1.67. The maximum atomic E-state index is 10.3. The van der Waals surface area contributed by atoms with Crippen LogP contribution in [0.15, 0.2) is 43.0 Å². The minimum Gasteiger partial charge on any atom is -0.497 e. The van der Waals surface area contributed by atoms with Gasteiger partial charge in [-0.15, -0.1) is 0 Å². The summed E-state index contributed by atoms with van der Waals surface area (Å²) < 4.78 is 7.32. The number of aliphatic hydroxyl groups excluding tert-OH is 1. The molecule has 0 bridgehead atoms. The summed E-state index contributed by atoms with van der Waals surface area (Å²) in [5, 5.41) is 13.7. The molecule has 2 N–H and O–H groups in total. The average molecular weight is 301 g/mol. The van der Waals surface area contributed by atoms with E-state index in [1.807, 2.05) is 30.7 Å². The first-order chi connectivity index (χ1) is 10.7. The number of rotatable bonds is 6. The van der Waals surface area contributed by atoms with E-state index < -0.39 is 0 Å². The molecule has 1 aromatic heterocycles. The standard InChI is InChI=1S/C17H23N3O2/c1-22-15-4-2-3-13(7-15)10-19-16-8-14(9-17(16)21)11-20-6-5-18-12-20/h2-7,12,14,16-17,19,21H,8-11H2,1H3/t14?,16-,17-/m1/s1. The summed E-state index contributed by atoms with van der Waals surface area (Å²) in [7, 11) is 1.67. The molecule has 22 heavy (non-hydrogen) atoms. The van der Waals surface area contributed by atoms with E-state index in [-0.39, 0.29) is 12.1 Å². The number of imidazole rings is 1. The Kier molecular flexibility index (Phi) is 4.75. The van der Waals surface area contributed by atoms with Gasteiger partial charge in [-0.1, -0.05) is 12.1 Å². The third kappa shape index (κ3) is 3.67. The molecular weight excluding hydrogens is 278 g/mol. The molecule has 1 heterocycles. The maximum Gasteiger partial charge on any atom is 0.119 e. The molecule has 118 valence electrons. The lowest BCUT2D eigenvalue weighted by Crippen LogP contribution is -2.35. The van der Waals surface area contributed by atoms with E-state index in [1.54, 1.807) is 13.3 Å². The number of methoxy groups -OCH3 is 1. The van der Waals surface area contributed by atoms with Crippen LogP contribution in [0.5, 0.6) is 5.75 Å². The molecule has 0 saturated heterocycles. The second-order valence-corrected chi connectivity index (χ2v) is 6.00. The Labute approximate surface area is 130 Å². The lowest BCUT2D eigenvalue weighted by atomic mass is 10.1. The van der Waals surface area contributed by atoms with E-state index in [0.29, 0.717) is 5.92 Å². The van der Waals surface area contributed by atoms with E-state index in [2.05, 4.69) is 20.9 Å². The molecule has 2 aromatic rings. The van der Waals surface area contributed by atoms with Gasteiger partial charge in [0.15, 0.2) is 0 Å². The van der Waals surface area contributed by atoms with Gasteiger partial charge in [-0.25, -0.2) is 4.98 Å². The summed E-state index contributed by atoms with van der Waals surface area (Å²) in [6.07, 6.45) is 7.16. The predicted molar refractivity (Wildman–Crippen MR) is 84.6 cm³/mol. The molecule has 3 rings (SSSR count). The van der Waals surface area contributed by atoms with Gasteiger partial charge >= 0.3 is 0 Å². The Morgan fingerprint density at radius 3 is 3.09 bits per heavy atom. The summed E-state index contributed by atoms with van der Waals surface area (Å²) >= 11 is 0. The van der Waals surface area contributed by atoms with Crippen LogP contribution in [0.25, 0.3) is 0 Å². The average Bonchev–Trinajstić information content (AvgIpc) is 3.15. The maximum absolute atomic E-state index is 10.3. The first-order valence-corrected chi connectivity index (χ1v) is 7.74. The van der Waals surface area contributed by atoms with Crippen LogP contribution >= 0.6 is 0 Å². The number of hydrogen-bond donors (Lipinski definition) is 2. The van der Waals surface area contributed by atoms with Crippen LogP contribution in [0.3, 0.4) is 0 Å². The lowest BCUT2D eigenvalue weighted by molar-refractivity contribution is 0.145. The molecule has 1 aromatic carbocycles. The van der Waals surface area contributed by atoms with Gasteiger partial charge in [-0.2, -0.15) is 0 Å². The minimum absolute atomic E-state index is 0.153. The fraction of sp³-hybridized carbons (Fsp3) is 0.471. The highest BCUT2D eigenvalue weighted by atomic mass is 16.5. The largest absolute Gasteiger partial charge is 0.497 e. The van der Waals surface area contributed by atoms with Crippen LogP contribution in [0.2, 0.25) is 0 Å². The van der Waals surface area contributed by atoms with E-state index in [0.717, 1.165) is 31.7 Å². The Bertz CT molecular complexity index is 585. The van der Waals surface area contributed by atoms with Crippen LogP contribution < -0.4 is 10.1 Å². The highest BCUT2D eigenvalue weighted by Gasteiger charge is 2.32. The molecule has 0 aliphatic heterocycles. The number of nitrogens with one attached hydrogen (secondary N) is 1. The predicted octanol–water partition coefficient (Wildman–Crippen LogP) is 1.82. The molecule has 5 nitrogen and oxygen atoms in total. The highest BCUT2D eigenvalue weighted by molar-refractivity contribution is 5.28. The molecule has 1 aliphatic rings. The molecule has 0 spiro atoms. The number of ether oxygens (including phenoxy) is 1. The summed E-state index contributed by atoms with van der Waals surface area (Å²) in [5.41, 5.74) is 1.17. The molecule has 1 fully saturated rings. The van der Waals surface area contributed by atoms with Crippen molar-refractivity contribution in [1.82, 2.24) is 14.9 Å². The summed E-state index contributed by atoms with van der Waals surface area (Å²) in [6, 6.07) is 8.18. The van der Waals surface area contributed by atoms with E-state index in [4.69, 9.17) is 4.74 Å². The Morgan fingerprint density at radius 2 is 2.32 bits per heavy atom. The molecule has 5 heteroatoms. The minimum atomic E-state index is -0.279. The van der Waals surface area contributed by atoms with E-state index in [1.165, 1.54) is 5.56 Å². The molecular formula is C17H23N3O2. The zero-order chi connectivity index (χ0) is 15.4. The zero-order valence-corrected chi connectivity index (χ0v) is 12.9. The fourth-order valence-electron chi connectivity index (χ4n) is 3.21. The second-order valence-electron chi connectivity index (χ2n) is 6.00. The zero-order valence-electron chi connectivity index (χ0n) is 12.9. The van der Waals surface area contributed by atoms with Gasteiger partial charge in [0.1, 0.15) is 5.75 Å². The van der Waals surface area contributed by atoms with Crippen LogP contribution in [-0.2, 0) is 13.1 Å². The Hall–Kier alpha value is -1.85. The number of benzene rings is 1. The fourth-order valence-corrected chi connectivity index (χ4v) is 3.21. The SMILES string of the molecule is COc1cccc(CN[C@@H]2CC(Cn3ccnc3)C[C@H]2O)c1. The van der Waals surface area contributed by atoms with E-state index in [9.17, 15) is 5.11 Å². The number of aliphatic hydroxyl groups is 1. The van der Waals surface area contributed by atoms with Crippen molar-refractivity contribution in [1.29, 1.82) is 0 Å². The third-order valence-electron chi connectivity index (χ3n) is 4.36. The molecule has 1 aliphatic carbocycles. The lowest BCUT2D eigenvalue weighted by Gasteiger charge is -2.16. The number of hydrogen-bond acceptors (Lipinski definition) is 4. The van der Waals surface area contributed by atoms with Gasteiger partial charge in [-0.05, 0) is 36.5 Å². The normalized spacial score (nSPS) is 24.5. The Balaban J connectivity index is 1.52. The first kappa shape index (κ1) is 15.1. The molecule has 3 atom stereocenters. The van der Waals surface area contributed by atoms with Gasteiger partial charge in [0.25, 0.3) is 0 Å². The van der Waals surface area contributed by atoms with Gasteiger partial charge in [-0.3, -0.25) is 0 Å². The molecule has 0 radical (unpaired) electrons. The van der Waals surface area contributed by atoms with Crippen molar-refractivity contribution in [3.8, 4) is 5.75 Å². The van der Waals surface area contributed by atoms with Gasteiger partial charge in [0.2, 0.25) is 0 Å². The summed E-state index contributed by atoms with van der Waals surface area (Å²) in [4.78, 5) is 4.07. The van der Waals surface area contributed by atoms with Gasteiger partial charge < -0.3 is 19.7 Å². The second kappa shape index (κ2) is 6.94. The topological polar surface area (TPSA) is 59.3 Å². The van der Waals surface area contributed by atoms with E-state index >= 15 is 0 Å². The summed E-state index contributed by atoms with van der Waals surface area (Å²) in [5.74, 6) is 1.36. The quantitative estimate of drug-likeness (QED) is 0.854. The van der Waals surface area contributed by atoms with Crippen LogP contribution in [-0.4, -0.2) is 33.9 Å². The smallest absolute Gasteiger partial charge is 0.119 e. The van der Waals surface area contributed by atoms with Crippen molar-refractivity contribution in [2.75, 3.05) is 7.11 Å². The highest BCUT2D eigenvalue weighted by Crippen LogP contribution is 2.28. The van der Waals surface area contributed by atoms with Crippen LogP contribution in [0.1, 0.15) is 18.4 Å². The van der Waals surface area contributed by atoms with Crippen molar-refractivity contribution >= 4 is 0 Å². The van der Waals surface area contributed by atoms with Crippen LogP contribution in [0.4, 0.5) is 0 Å². The van der Waals surface area contributed by atoms with Crippen LogP contribution in [0, 0.1) is 5.92 Å². The van der Waals surface area contributed by atoms with Crippen molar-refractivity contribution in [3.05, 3.63) is 48.5 Å². The van der Waals surface area contributed by atoms with Crippen molar-refractivity contribution < 1.29 is 9.84 Å². The number of aromatic nitrogens is 2. The molecule has 1 unspecified atom stereocenters. The Morgan fingerprint density at radius 1 is 1.41 bits per heavy atom. The van der Waals surface area contributed by atoms with Gasteiger partial charge in [0.05, 0.1) is 19.5 Å². The third-order valence-corrected chi connectivity index (χ3v) is 4.36. The molecule has 1 saturated carbocycles. The first-order valence-electron chi connectivity index (χ1n) is 7.74. The van der Waals surface area contributed by atoms with Crippen molar-refractivity contribution in [2.45, 2.75) is 38.1 Å². The van der Waals surface area contributed by atoms with Crippen molar-refractivity contribution in [2.24, 2.45) is 5.92 Å².